The second-order valence-electron chi connectivity index (χ2n) is 8.40. The summed E-state index contributed by atoms with van der Waals surface area (Å²) in [5.41, 5.74) is 6.06. The molecule has 8 heteroatoms. The van der Waals surface area contributed by atoms with Crippen molar-refractivity contribution in [3.05, 3.63) is 81.7 Å². The van der Waals surface area contributed by atoms with E-state index < -0.39 is 5.92 Å². The highest BCUT2D eigenvalue weighted by molar-refractivity contribution is 7.19. The van der Waals surface area contributed by atoms with Crippen LogP contribution in [-0.2, 0) is 16.0 Å². The fourth-order valence-corrected chi connectivity index (χ4v) is 5.39. The van der Waals surface area contributed by atoms with Gasteiger partial charge in [0.25, 0.3) is 5.56 Å². The van der Waals surface area contributed by atoms with Crippen LogP contribution in [0.5, 0.6) is 0 Å². The molecule has 2 amide bonds. The number of nitrogens with one attached hydrogen (secondary N) is 1. The van der Waals surface area contributed by atoms with Crippen LogP contribution in [0.1, 0.15) is 23.8 Å². The smallest absolute Gasteiger partial charge is 0.281 e. The van der Waals surface area contributed by atoms with Crippen molar-refractivity contribution in [3.8, 4) is 11.1 Å². The van der Waals surface area contributed by atoms with Crippen molar-refractivity contribution in [2.45, 2.75) is 26.7 Å². The van der Waals surface area contributed by atoms with Gasteiger partial charge in [0.05, 0.1) is 11.3 Å². The SMILES string of the molecule is CCc1ccc(N2CC(C(=O)Nn3cnc4sc(C)c(-c5ccccc5)c4c3=O)CC2=O)cc1. The van der Waals surface area contributed by atoms with E-state index in [1.165, 1.54) is 23.2 Å². The van der Waals surface area contributed by atoms with E-state index in [0.29, 0.717) is 10.2 Å². The fraction of sp³-hybridized carbons (Fsp3) is 0.231. The summed E-state index contributed by atoms with van der Waals surface area (Å²) in [7, 11) is 0. The zero-order valence-corrected chi connectivity index (χ0v) is 19.8. The molecule has 4 aromatic rings. The average Bonchev–Trinajstić information content (AvgIpc) is 3.41. The van der Waals surface area contributed by atoms with Crippen LogP contribution in [0.25, 0.3) is 21.3 Å². The number of thiophene rings is 1. The van der Waals surface area contributed by atoms with Crippen molar-refractivity contribution < 1.29 is 9.59 Å². The number of hydrogen-bond donors (Lipinski definition) is 1. The first-order valence-electron chi connectivity index (χ1n) is 11.2. The highest BCUT2D eigenvalue weighted by Gasteiger charge is 2.35. The van der Waals surface area contributed by atoms with Crippen LogP contribution in [0.15, 0.2) is 65.7 Å². The van der Waals surface area contributed by atoms with E-state index in [4.69, 9.17) is 0 Å². The van der Waals surface area contributed by atoms with Gasteiger partial charge in [0.1, 0.15) is 11.2 Å². The number of aromatic nitrogens is 2. The molecule has 7 nitrogen and oxygen atoms in total. The van der Waals surface area contributed by atoms with Crippen LogP contribution >= 0.6 is 11.3 Å². The molecule has 2 aromatic carbocycles. The topological polar surface area (TPSA) is 84.3 Å². The second-order valence-corrected chi connectivity index (χ2v) is 9.60. The van der Waals surface area contributed by atoms with E-state index >= 15 is 0 Å². The molecule has 1 N–H and O–H groups in total. The summed E-state index contributed by atoms with van der Waals surface area (Å²) in [5, 5.41) is 0.483. The van der Waals surface area contributed by atoms with Gasteiger partial charge in [0.15, 0.2) is 0 Å². The second kappa shape index (κ2) is 8.87. The molecule has 172 valence electrons. The van der Waals surface area contributed by atoms with Crippen molar-refractivity contribution in [2.24, 2.45) is 5.92 Å². The summed E-state index contributed by atoms with van der Waals surface area (Å²) in [5.74, 6) is -1.04. The largest absolute Gasteiger partial charge is 0.312 e. The number of carbonyl (C=O) groups excluding carboxylic acids is 2. The first-order valence-corrected chi connectivity index (χ1v) is 12.0. The predicted molar refractivity (Wildman–Crippen MR) is 135 cm³/mol. The van der Waals surface area contributed by atoms with E-state index in [9.17, 15) is 14.4 Å². The Morgan fingerprint density at radius 3 is 2.56 bits per heavy atom. The van der Waals surface area contributed by atoms with Crippen LogP contribution in [0.2, 0.25) is 0 Å². The summed E-state index contributed by atoms with van der Waals surface area (Å²) in [4.78, 5) is 46.6. The highest BCUT2D eigenvalue weighted by atomic mass is 32.1. The molecule has 5 rings (SSSR count). The molecule has 0 aliphatic carbocycles. The minimum absolute atomic E-state index is 0.0958. The number of nitrogens with zero attached hydrogens (tertiary/aromatic N) is 3. The number of anilines is 1. The summed E-state index contributed by atoms with van der Waals surface area (Å²) in [6.45, 7) is 4.31. The standard InChI is InChI=1S/C26H24N4O3S/c1-3-17-9-11-20(12-10-17)29-14-19(13-21(29)31)24(32)28-30-15-27-25-23(26(30)33)22(16(2)34-25)18-7-5-4-6-8-18/h4-12,15,19H,3,13-14H2,1-2H3,(H,28,32). The predicted octanol–water partition coefficient (Wildman–Crippen LogP) is 4.12. The zero-order chi connectivity index (χ0) is 23.8. The Morgan fingerprint density at radius 1 is 1.12 bits per heavy atom. The lowest BCUT2D eigenvalue weighted by Gasteiger charge is -2.17. The average molecular weight is 473 g/mol. The molecular formula is C26H24N4O3S. The Labute approximate surface area is 200 Å². The molecule has 0 saturated carbocycles. The lowest BCUT2D eigenvalue weighted by Crippen LogP contribution is -2.37. The highest BCUT2D eigenvalue weighted by Crippen LogP contribution is 2.35. The fourth-order valence-electron chi connectivity index (χ4n) is 4.39. The third kappa shape index (κ3) is 3.90. The van der Waals surface area contributed by atoms with Crippen LogP contribution in [-0.4, -0.2) is 28.0 Å². The molecule has 1 aliphatic rings. The molecular weight excluding hydrogens is 448 g/mol. The minimum atomic E-state index is -0.557. The molecule has 0 radical (unpaired) electrons. The number of amides is 2. The molecule has 3 heterocycles. The Morgan fingerprint density at radius 2 is 1.85 bits per heavy atom. The Hall–Kier alpha value is -3.78. The van der Waals surface area contributed by atoms with E-state index in [-0.39, 0.29) is 30.3 Å². The third-order valence-electron chi connectivity index (χ3n) is 6.23. The normalized spacial score (nSPS) is 15.8. The van der Waals surface area contributed by atoms with Crippen LogP contribution < -0.4 is 15.9 Å². The van der Waals surface area contributed by atoms with Crippen LogP contribution in [0.4, 0.5) is 5.69 Å². The van der Waals surface area contributed by atoms with Crippen molar-refractivity contribution in [1.29, 1.82) is 0 Å². The van der Waals surface area contributed by atoms with Crippen LogP contribution in [0, 0.1) is 12.8 Å². The summed E-state index contributed by atoms with van der Waals surface area (Å²) >= 11 is 1.45. The number of benzene rings is 2. The molecule has 34 heavy (non-hydrogen) atoms. The quantitative estimate of drug-likeness (QED) is 0.474. The van der Waals surface area contributed by atoms with Gasteiger partial charge in [-0.05, 0) is 36.6 Å². The number of hydrogen-bond acceptors (Lipinski definition) is 5. The van der Waals surface area contributed by atoms with E-state index in [1.54, 1.807) is 4.90 Å². The lowest BCUT2D eigenvalue weighted by atomic mass is 10.0. The maximum absolute atomic E-state index is 13.3. The monoisotopic (exact) mass is 472 g/mol. The molecule has 1 saturated heterocycles. The van der Waals surface area contributed by atoms with Gasteiger partial charge in [-0.25, -0.2) is 9.66 Å². The summed E-state index contributed by atoms with van der Waals surface area (Å²) < 4.78 is 1.13. The van der Waals surface area contributed by atoms with E-state index in [2.05, 4.69) is 17.3 Å². The van der Waals surface area contributed by atoms with Gasteiger partial charge < -0.3 is 4.90 Å². The van der Waals surface area contributed by atoms with Gasteiger partial charge in [0, 0.05) is 29.1 Å². The van der Waals surface area contributed by atoms with Crippen LogP contribution in [0.3, 0.4) is 0 Å². The van der Waals surface area contributed by atoms with Crippen molar-refractivity contribution in [1.82, 2.24) is 9.66 Å². The molecule has 1 atom stereocenters. The molecule has 1 unspecified atom stereocenters. The van der Waals surface area contributed by atoms with Gasteiger partial charge in [-0.15, -0.1) is 11.3 Å². The zero-order valence-electron chi connectivity index (χ0n) is 18.9. The van der Waals surface area contributed by atoms with Gasteiger partial charge in [-0.2, -0.15) is 0 Å². The number of fused-ring (bicyclic) bond motifs is 1. The molecule has 1 aliphatic heterocycles. The molecule has 0 spiro atoms. The van der Waals surface area contributed by atoms with Crippen molar-refractivity contribution in [2.75, 3.05) is 16.9 Å². The Balaban J connectivity index is 1.40. The maximum Gasteiger partial charge on any atom is 0.281 e. The molecule has 0 bridgehead atoms. The van der Waals surface area contributed by atoms with E-state index in [1.807, 2.05) is 61.5 Å². The first kappa shape index (κ1) is 22.0. The van der Waals surface area contributed by atoms with Crippen molar-refractivity contribution >= 4 is 39.1 Å². The Kier molecular flexibility index (Phi) is 5.75. The van der Waals surface area contributed by atoms with Gasteiger partial charge in [-0.1, -0.05) is 49.4 Å². The molecule has 2 aromatic heterocycles. The van der Waals surface area contributed by atoms with E-state index in [0.717, 1.165) is 32.8 Å². The Bertz CT molecular complexity index is 1440. The first-order chi connectivity index (χ1) is 16.5. The lowest BCUT2D eigenvalue weighted by molar-refractivity contribution is -0.123. The summed E-state index contributed by atoms with van der Waals surface area (Å²) in [6.07, 6.45) is 2.35. The third-order valence-corrected chi connectivity index (χ3v) is 7.25. The van der Waals surface area contributed by atoms with Gasteiger partial charge in [0.2, 0.25) is 11.8 Å². The number of carbonyl (C=O) groups is 2. The number of aryl methyl sites for hydroxylation is 2. The summed E-state index contributed by atoms with van der Waals surface area (Å²) in [6, 6.07) is 17.5. The molecule has 1 fully saturated rings. The minimum Gasteiger partial charge on any atom is -0.312 e. The van der Waals surface area contributed by atoms with Gasteiger partial charge >= 0.3 is 0 Å². The van der Waals surface area contributed by atoms with Gasteiger partial charge in [-0.3, -0.25) is 19.8 Å². The van der Waals surface area contributed by atoms with Crippen molar-refractivity contribution in [3.63, 3.8) is 0 Å². The maximum atomic E-state index is 13.3. The number of rotatable bonds is 5.